The highest BCUT2D eigenvalue weighted by Gasteiger charge is 2.33. The fourth-order valence-electron chi connectivity index (χ4n) is 3.88. The summed E-state index contributed by atoms with van der Waals surface area (Å²) in [5.41, 5.74) is 4.56. The first-order valence-electron chi connectivity index (χ1n) is 11.8. The molecule has 0 atom stereocenters. The fraction of sp³-hybridized carbons (Fsp3) is 0.385. The van der Waals surface area contributed by atoms with Gasteiger partial charge in [0.1, 0.15) is 21.1 Å². The van der Waals surface area contributed by atoms with E-state index in [4.69, 9.17) is 15.6 Å². The number of carbonyl (C=O) groups is 1. The zero-order valence-electron chi connectivity index (χ0n) is 21.9. The van der Waals surface area contributed by atoms with Crippen LogP contribution in [0.25, 0.3) is 15.2 Å². The Bertz CT molecular complexity index is 1510. The number of fused-ring (bicyclic) bond motifs is 1. The van der Waals surface area contributed by atoms with Crippen molar-refractivity contribution < 1.29 is 14.6 Å². The lowest BCUT2D eigenvalue weighted by Crippen LogP contribution is -2.54. The number of aromatic nitrogens is 4. The molecule has 0 fully saturated rings. The number of para-hydroxylation sites is 1. The molecule has 1 aromatic carbocycles. The van der Waals surface area contributed by atoms with Crippen LogP contribution in [0.2, 0.25) is 0 Å². The van der Waals surface area contributed by atoms with E-state index in [-0.39, 0.29) is 12.6 Å². The van der Waals surface area contributed by atoms with Gasteiger partial charge < -0.3 is 15.6 Å². The van der Waals surface area contributed by atoms with Crippen molar-refractivity contribution in [3.8, 4) is 10.8 Å². The topological polar surface area (TPSA) is 134 Å². The second-order valence-electron chi connectivity index (χ2n) is 9.32. The van der Waals surface area contributed by atoms with Gasteiger partial charge in [-0.3, -0.25) is 14.2 Å². The number of hydrogen-bond donors (Lipinski definition) is 2. The van der Waals surface area contributed by atoms with Gasteiger partial charge in [0.25, 0.3) is 5.56 Å². The third kappa shape index (κ3) is 5.52. The van der Waals surface area contributed by atoms with Gasteiger partial charge in [-0.05, 0) is 58.7 Å². The SMILES string of the molecule is CC(C)O.COc1ccccc1CCn1c(=O)n(C(C)(C)C(N)=O)c(=O)c2c(C)c(-n3cccn3)sc21. The fourth-order valence-corrected chi connectivity index (χ4v) is 5.15. The van der Waals surface area contributed by atoms with E-state index in [0.29, 0.717) is 28.0 Å². The van der Waals surface area contributed by atoms with E-state index in [0.717, 1.165) is 15.1 Å². The van der Waals surface area contributed by atoms with Crippen LogP contribution in [0.3, 0.4) is 0 Å². The van der Waals surface area contributed by atoms with Crippen LogP contribution in [-0.2, 0) is 23.3 Å². The molecule has 3 N–H and O–H groups in total. The van der Waals surface area contributed by atoms with Crippen molar-refractivity contribution in [2.45, 2.75) is 59.2 Å². The summed E-state index contributed by atoms with van der Waals surface area (Å²) in [5, 5.41) is 13.4. The van der Waals surface area contributed by atoms with Crippen molar-refractivity contribution in [3.63, 3.8) is 0 Å². The number of rotatable bonds is 7. The molecule has 0 spiro atoms. The van der Waals surface area contributed by atoms with E-state index in [9.17, 15) is 14.4 Å². The molecule has 10 nitrogen and oxygen atoms in total. The molecule has 1 amide bonds. The number of benzene rings is 1. The zero-order valence-corrected chi connectivity index (χ0v) is 22.7. The summed E-state index contributed by atoms with van der Waals surface area (Å²) in [6.07, 6.45) is 3.75. The molecule has 0 saturated heterocycles. The number of thiophene rings is 1. The molecule has 0 aliphatic carbocycles. The number of aryl methyl sites for hydroxylation is 3. The van der Waals surface area contributed by atoms with Gasteiger partial charge in [0.15, 0.2) is 0 Å². The Kier molecular flexibility index (Phi) is 8.39. The van der Waals surface area contributed by atoms with Crippen LogP contribution in [0.5, 0.6) is 5.75 Å². The van der Waals surface area contributed by atoms with Crippen LogP contribution in [-0.4, -0.2) is 43.1 Å². The number of carbonyl (C=O) groups excluding carboxylic acids is 1. The average molecular weight is 528 g/mol. The van der Waals surface area contributed by atoms with Gasteiger partial charge in [0.05, 0.1) is 12.5 Å². The minimum absolute atomic E-state index is 0.167. The lowest BCUT2D eigenvalue weighted by Gasteiger charge is -2.24. The van der Waals surface area contributed by atoms with Crippen LogP contribution in [0.4, 0.5) is 0 Å². The summed E-state index contributed by atoms with van der Waals surface area (Å²) in [6.45, 7) is 8.49. The molecule has 4 rings (SSSR count). The molecular weight excluding hydrogens is 494 g/mol. The highest BCUT2D eigenvalue weighted by Crippen LogP contribution is 2.31. The number of nitrogens with two attached hydrogens (primary N) is 1. The molecule has 0 aliphatic rings. The lowest BCUT2D eigenvalue weighted by molar-refractivity contribution is -0.125. The Labute approximate surface area is 218 Å². The average Bonchev–Trinajstić information content (AvgIpc) is 3.47. The van der Waals surface area contributed by atoms with Crippen LogP contribution < -0.4 is 21.7 Å². The molecule has 0 saturated carbocycles. The van der Waals surface area contributed by atoms with Crippen LogP contribution >= 0.6 is 11.3 Å². The largest absolute Gasteiger partial charge is 0.496 e. The quantitative estimate of drug-likeness (QED) is 0.379. The van der Waals surface area contributed by atoms with Crippen LogP contribution in [0.1, 0.15) is 38.8 Å². The number of ether oxygens (including phenoxy) is 1. The smallest absolute Gasteiger partial charge is 0.333 e. The first kappa shape index (κ1) is 27.9. The normalized spacial score (nSPS) is 11.5. The van der Waals surface area contributed by atoms with Crippen molar-refractivity contribution in [2.75, 3.05) is 7.11 Å². The van der Waals surface area contributed by atoms with Gasteiger partial charge in [-0.1, -0.05) is 29.5 Å². The molecule has 11 heteroatoms. The van der Waals surface area contributed by atoms with Gasteiger partial charge in [-0.2, -0.15) is 5.10 Å². The zero-order chi connectivity index (χ0) is 27.5. The van der Waals surface area contributed by atoms with Gasteiger partial charge in [0, 0.05) is 30.6 Å². The summed E-state index contributed by atoms with van der Waals surface area (Å²) in [6, 6.07) is 9.35. The minimum Gasteiger partial charge on any atom is -0.496 e. The summed E-state index contributed by atoms with van der Waals surface area (Å²) in [4.78, 5) is 39.9. The highest BCUT2D eigenvalue weighted by molar-refractivity contribution is 7.21. The second-order valence-corrected chi connectivity index (χ2v) is 10.3. The maximum atomic E-state index is 13.6. The summed E-state index contributed by atoms with van der Waals surface area (Å²) < 4.78 is 9.61. The molecule has 0 aliphatic heterocycles. The Morgan fingerprint density at radius 3 is 2.43 bits per heavy atom. The number of primary amides is 1. The number of hydrogen-bond acceptors (Lipinski definition) is 7. The van der Waals surface area contributed by atoms with E-state index in [2.05, 4.69) is 5.10 Å². The summed E-state index contributed by atoms with van der Waals surface area (Å²) >= 11 is 1.31. The molecule has 3 heterocycles. The molecule has 37 heavy (non-hydrogen) atoms. The predicted octanol–water partition coefficient (Wildman–Crippen LogP) is 2.58. The number of amides is 1. The Balaban J connectivity index is 0.000000886. The number of methoxy groups -OCH3 is 1. The molecule has 3 aromatic heterocycles. The summed E-state index contributed by atoms with van der Waals surface area (Å²) in [5.74, 6) is -0.0512. The van der Waals surface area contributed by atoms with Crippen molar-refractivity contribution in [1.82, 2.24) is 18.9 Å². The minimum atomic E-state index is -1.51. The number of aliphatic hydroxyl groups is 1. The van der Waals surface area contributed by atoms with Crippen LogP contribution in [0.15, 0.2) is 52.3 Å². The Morgan fingerprint density at radius 2 is 1.86 bits per heavy atom. The van der Waals surface area contributed by atoms with E-state index in [1.807, 2.05) is 31.2 Å². The molecular formula is C26H33N5O5S. The van der Waals surface area contributed by atoms with E-state index >= 15 is 0 Å². The predicted molar refractivity (Wildman–Crippen MR) is 145 cm³/mol. The Morgan fingerprint density at radius 1 is 1.22 bits per heavy atom. The maximum Gasteiger partial charge on any atom is 0.333 e. The van der Waals surface area contributed by atoms with Crippen molar-refractivity contribution in [2.24, 2.45) is 5.73 Å². The van der Waals surface area contributed by atoms with E-state index in [1.165, 1.54) is 25.2 Å². The third-order valence-electron chi connectivity index (χ3n) is 5.86. The van der Waals surface area contributed by atoms with Gasteiger partial charge in [-0.15, -0.1) is 0 Å². The highest BCUT2D eigenvalue weighted by atomic mass is 32.1. The monoisotopic (exact) mass is 527 g/mol. The molecule has 198 valence electrons. The van der Waals surface area contributed by atoms with Crippen LogP contribution in [0, 0.1) is 6.92 Å². The number of aliphatic hydroxyl groups excluding tert-OH is 1. The van der Waals surface area contributed by atoms with Gasteiger partial charge in [0.2, 0.25) is 5.91 Å². The van der Waals surface area contributed by atoms with E-state index in [1.54, 1.807) is 48.7 Å². The van der Waals surface area contributed by atoms with Gasteiger partial charge in [-0.25, -0.2) is 14.0 Å². The van der Waals surface area contributed by atoms with Crippen molar-refractivity contribution in [3.05, 3.63) is 74.7 Å². The van der Waals surface area contributed by atoms with Crippen molar-refractivity contribution >= 4 is 27.5 Å². The van der Waals surface area contributed by atoms with E-state index < -0.39 is 22.7 Å². The third-order valence-corrected chi connectivity index (χ3v) is 7.16. The second kappa shape index (κ2) is 11.1. The maximum absolute atomic E-state index is 13.6. The van der Waals surface area contributed by atoms with Crippen molar-refractivity contribution in [1.29, 1.82) is 0 Å². The molecule has 4 aromatic rings. The molecule has 0 radical (unpaired) electrons. The Hall–Kier alpha value is -3.70. The number of nitrogens with zero attached hydrogens (tertiary/aromatic N) is 4. The lowest BCUT2D eigenvalue weighted by atomic mass is 10.0. The first-order valence-corrected chi connectivity index (χ1v) is 12.6. The first-order chi connectivity index (χ1) is 17.4. The van der Waals surface area contributed by atoms with Gasteiger partial charge >= 0.3 is 5.69 Å². The molecule has 0 bridgehead atoms. The summed E-state index contributed by atoms with van der Waals surface area (Å²) in [7, 11) is 1.59. The standard InChI is InChI=1S/C23H25N5O4S.C3H8O/c1-14-17-18(29)28(23(2,3)21(24)30)22(31)26(13-10-15-8-5-6-9-16(15)32-4)20(17)33-19(14)27-12-7-11-25-27;1-3(2)4/h5-9,11-12H,10,13H2,1-4H3,(H2,24,30);3-4H,1-2H3. The molecule has 0 unspecified atom stereocenters.